The van der Waals surface area contributed by atoms with Crippen molar-refractivity contribution in [2.75, 3.05) is 0 Å². The van der Waals surface area contributed by atoms with Crippen LogP contribution in [0.3, 0.4) is 0 Å². The average Bonchev–Trinajstić information content (AvgIpc) is 2.44. The normalized spacial score (nSPS) is 15.4. The van der Waals surface area contributed by atoms with Crippen LogP contribution in [0, 0.1) is 5.92 Å². The van der Waals surface area contributed by atoms with Gasteiger partial charge in [-0.3, -0.25) is 0 Å². The molecule has 0 fully saturated rings. The van der Waals surface area contributed by atoms with Crippen molar-refractivity contribution in [3.63, 3.8) is 0 Å². The lowest BCUT2D eigenvalue weighted by molar-refractivity contribution is 0.404. The summed E-state index contributed by atoms with van der Waals surface area (Å²) in [6, 6.07) is 16.8. The van der Waals surface area contributed by atoms with Crippen LogP contribution in [-0.2, 0) is 0 Å². The highest BCUT2D eigenvalue weighted by atomic mass is 16.5. The van der Waals surface area contributed by atoms with E-state index in [1.54, 1.807) is 0 Å². The summed E-state index contributed by atoms with van der Waals surface area (Å²) in [5.41, 5.74) is 2.65. The van der Waals surface area contributed by atoms with E-state index in [4.69, 9.17) is 4.74 Å². The summed E-state index contributed by atoms with van der Waals surface area (Å²) in [5, 5.41) is 0. The van der Waals surface area contributed by atoms with E-state index in [1.165, 1.54) is 17.5 Å². The number of rotatable bonds is 2. The van der Waals surface area contributed by atoms with Crippen molar-refractivity contribution in [1.82, 2.24) is 0 Å². The van der Waals surface area contributed by atoms with E-state index in [9.17, 15) is 0 Å². The van der Waals surface area contributed by atoms with Crippen LogP contribution < -0.4 is 4.74 Å². The number of benzene rings is 2. The van der Waals surface area contributed by atoms with Crippen LogP contribution in [0.2, 0.25) is 0 Å². The molecule has 3 rings (SSSR count). The number of hydrogen-bond donors (Lipinski definition) is 0. The molecule has 1 aliphatic heterocycles. The second-order valence-corrected chi connectivity index (χ2v) is 5.04. The van der Waals surface area contributed by atoms with E-state index in [0.717, 1.165) is 11.5 Å². The maximum Gasteiger partial charge on any atom is 0.131 e. The van der Waals surface area contributed by atoms with E-state index in [0.29, 0.717) is 11.8 Å². The highest BCUT2D eigenvalue weighted by Crippen LogP contribution is 2.47. The van der Waals surface area contributed by atoms with Crippen LogP contribution >= 0.6 is 0 Å². The molecule has 1 nitrogen and oxygen atoms in total. The maximum absolute atomic E-state index is 6.00. The van der Waals surface area contributed by atoms with E-state index in [2.05, 4.69) is 50.2 Å². The molecule has 0 aliphatic carbocycles. The van der Waals surface area contributed by atoms with E-state index < -0.39 is 0 Å². The van der Waals surface area contributed by atoms with Gasteiger partial charge >= 0.3 is 0 Å². The molecule has 2 aromatic rings. The van der Waals surface area contributed by atoms with Gasteiger partial charge in [0.2, 0.25) is 0 Å². The first-order valence-electron chi connectivity index (χ1n) is 6.67. The zero-order valence-electron chi connectivity index (χ0n) is 10.9. The van der Waals surface area contributed by atoms with E-state index >= 15 is 0 Å². The smallest absolute Gasteiger partial charge is 0.131 e. The summed E-state index contributed by atoms with van der Waals surface area (Å²) in [6.07, 6.45) is 1.17. The Balaban J connectivity index is 2.17. The molecule has 0 bridgehead atoms. The van der Waals surface area contributed by atoms with Gasteiger partial charge in [0.05, 0.1) is 0 Å². The Bertz CT molecular complexity index is 514. The van der Waals surface area contributed by atoms with Crippen LogP contribution in [0.5, 0.6) is 11.5 Å². The summed E-state index contributed by atoms with van der Waals surface area (Å²) in [7, 11) is 0. The van der Waals surface area contributed by atoms with Gasteiger partial charge in [-0.15, -0.1) is 0 Å². The van der Waals surface area contributed by atoms with Crippen molar-refractivity contribution in [3.05, 3.63) is 59.7 Å². The van der Waals surface area contributed by atoms with Gasteiger partial charge in [-0.25, -0.2) is 0 Å². The summed E-state index contributed by atoms with van der Waals surface area (Å²) in [6.45, 7) is 4.58. The van der Waals surface area contributed by atoms with Crippen molar-refractivity contribution >= 4 is 0 Å². The third-order valence-corrected chi connectivity index (χ3v) is 3.94. The Labute approximate surface area is 108 Å². The summed E-state index contributed by atoms with van der Waals surface area (Å²) in [4.78, 5) is 0. The standard InChI is InChI=1S/C17H18O/c1-3-12(2)17-13-8-4-6-10-15(13)18-16-11-7-5-9-14(16)17/h4-12,17H,3H2,1-2H3. The Kier molecular flexibility index (Phi) is 2.83. The Morgan fingerprint density at radius 3 is 1.94 bits per heavy atom. The summed E-state index contributed by atoms with van der Waals surface area (Å²) >= 11 is 0. The fourth-order valence-electron chi connectivity index (χ4n) is 2.80. The molecule has 1 heterocycles. The van der Waals surface area contributed by atoms with Gasteiger partial charge in [0.15, 0.2) is 0 Å². The molecule has 1 atom stereocenters. The van der Waals surface area contributed by atoms with E-state index in [1.807, 2.05) is 12.1 Å². The zero-order chi connectivity index (χ0) is 12.5. The van der Waals surface area contributed by atoms with Gasteiger partial charge in [0, 0.05) is 17.0 Å². The van der Waals surface area contributed by atoms with Crippen molar-refractivity contribution in [3.8, 4) is 11.5 Å². The molecule has 1 unspecified atom stereocenters. The van der Waals surface area contributed by atoms with Crippen molar-refractivity contribution in [2.45, 2.75) is 26.2 Å². The topological polar surface area (TPSA) is 9.23 Å². The SMILES string of the molecule is CCC(C)C1c2ccccc2Oc2ccccc21. The molecule has 0 amide bonds. The molecular weight excluding hydrogens is 220 g/mol. The second kappa shape index (κ2) is 4.49. The molecule has 0 radical (unpaired) electrons. The molecule has 0 aromatic heterocycles. The van der Waals surface area contributed by atoms with Gasteiger partial charge in [-0.1, -0.05) is 56.7 Å². The minimum absolute atomic E-state index is 0.455. The van der Waals surface area contributed by atoms with Crippen LogP contribution in [0.15, 0.2) is 48.5 Å². The van der Waals surface area contributed by atoms with Crippen LogP contribution in [-0.4, -0.2) is 0 Å². The monoisotopic (exact) mass is 238 g/mol. The fraction of sp³-hybridized carbons (Fsp3) is 0.294. The molecule has 1 heteroatoms. The molecule has 92 valence electrons. The maximum atomic E-state index is 6.00. The Morgan fingerprint density at radius 1 is 0.944 bits per heavy atom. The molecule has 1 aliphatic rings. The minimum atomic E-state index is 0.455. The lowest BCUT2D eigenvalue weighted by Gasteiger charge is -2.31. The average molecular weight is 238 g/mol. The van der Waals surface area contributed by atoms with Gasteiger partial charge in [-0.05, 0) is 18.1 Å². The predicted octanol–water partition coefficient (Wildman–Crippen LogP) is 4.97. The third kappa shape index (κ3) is 1.71. The zero-order valence-corrected chi connectivity index (χ0v) is 10.9. The predicted molar refractivity (Wildman–Crippen MR) is 74.3 cm³/mol. The molecule has 18 heavy (non-hydrogen) atoms. The summed E-state index contributed by atoms with van der Waals surface area (Å²) in [5.74, 6) is 3.11. The number of para-hydroxylation sites is 2. The van der Waals surface area contributed by atoms with E-state index in [-0.39, 0.29) is 0 Å². The number of hydrogen-bond acceptors (Lipinski definition) is 1. The van der Waals surface area contributed by atoms with Crippen LogP contribution in [0.25, 0.3) is 0 Å². The lowest BCUT2D eigenvalue weighted by Crippen LogP contribution is -2.16. The molecule has 0 saturated carbocycles. The largest absolute Gasteiger partial charge is 0.457 e. The van der Waals surface area contributed by atoms with Crippen molar-refractivity contribution in [2.24, 2.45) is 5.92 Å². The van der Waals surface area contributed by atoms with Gasteiger partial charge in [0.25, 0.3) is 0 Å². The molecule has 0 saturated heterocycles. The van der Waals surface area contributed by atoms with Crippen LogP contribution in [0.1, 0.15) is 37.3 Å². The number of fused-ring (bicyclic) bond motifs is 2. The highest BCUT2D eigenvalue weighted by molar-refractivity contribution is 5.53. The quantitative estimate of drug-likeness (QED) is 0.717. The first-order chi connectivity index (χ1) is 8.81. The second-order valence-electron chi connectivity index (χ2n) is 5.04. The Hall–Kier alpha value is -1.76. The van der Waals surface area contributed by atoms with Crippen LogP contribution in [0.4, 0.5) is 0 Å². The van der Waals surface area contributed by atoms with Crippen molar-refractivity contribution < 1.29 is 4.74 Å². The fourth-order valence-corrected chi connectivity index (χ4v) is 2.80. The minimum Gasteiger partial charge on any atom is -0.457 e. The number of ether oxygens (including phenoxy) is 1. The Morgan fingerprint density at radius 2 is 1.44 bits per heavy atom. The van der Waals surface area contributed by atoms with Gasteiger partial charge in [0.1, 0.15) is 11.5 Å². The first kappa shape index (κ1) is 11.3. The first-order valence-corrected chi connectivity index (χ1v) is 6.67. The summed E-state index contributed by atoms with van der Waals surface area (Å²) < 4.78 is 6.00. The lowest BCUT2D eigenvalue weighted by atomic mass is 9.78. The molecule has 0 N–H and O–H groups in total. The van der Waals surface area contributed by atoms with Crippen molar-refractivity contribution in [1.29, 1.82) is 0 Å². The molecular formula is C17H18O. The van der Waals surface area contributed by atoms with Gasteiger partial charge in [-0.2, -0.15) is 0 Å². The highest BCUT2D eigenvalue weighted by Gasteiger charge is 2.29. The molecule has 0 spiro atoms. The third-order valence-electron chi connectivity index (χ3n) is 3.94. The van der Waals surface area contributed by atoms with Gasteiger partial charge < -0.3 is 4.74 Å². The molecule has 2 aromatic carbocycles.